The van der Waals surface area contributed by atoms with E-state index in [-0.39, 0.29) is 5.91 Å². The number of nitrogens with zero attached hydrogens (tertiary/aromatic N) is 1. The molecule has 1 aliphatic rings. The van der Waals surface area contributed by atoms with Crippen LogP contribution in [-0.4, -0.2) is 25.0 Å². The quantitative estimate of drug-likeness (QED) is 0.305. The van der Waals surface area contributed by atoms with E-state index in [0.717, 1.165) is 34.9 Å². The van der Waals surface area contributed by atoms with Crippen LogP contribution in [-0.2, 0) is 11.2 Å². The lowest BCUT2D eigenvalue weighted by atomic mass is 10.0. The van der Waals surface area contributed by atoms with Crippen LogP contribution in [0.2, 0.25) is 0 Å². The number of anilines is 2. The Morgan fingerprint density at radius 2 is 1.81 bits per heavy atom. The summed E-state index contributed by atoms with van der Waals surface area (Å²) in [5, 5.41) is 5.92. The van der Waals surface area contributed by atoms with E-state index in [0.29, 0.717) is 31.3 Å². The van der Waals surface area contributed by atoms with Crippen LogP contribution in [0.15, 0.2) is 77.8 Å². The number of para-hydroxylation sites is 1. The molecule has 0 radical (unpaired) electrons. The minimum atomic E-state index is 0.0515. The summed E-state index contributed by atoms with van der Waals surface area (Å²) in [5.74, 6) is 2.57. The molecule has 0 saturated carbocycles. The molecule has 31 heavy (non-hydrogen) atoms. The van der Waals surface area contributed by atoms with Gasteiger partial charge in [-0.05, 0) is 54.4 Å². The van der Waals surface area contributed by atoms with E-state index >= 15 is 0 Å². The topological polar surface area (TPSA) is 98.0 Å². The second kappa shape index (κ2) is 9.67. The predicted molar refractivity (Wildman–Crippen MR) is 122 cm³/mol. The summed E-state index contributed by atoms with van der Waals surface area (Å²) in [6.07, 6.45) is 1.22. The van der Waals surface area contributed by atoms with E-state index in [1.807, 2.05) is 72.8 Å². The van der Waals surface area contributed by atoms with Gasteiger partial charge in [-0.1, -0.05) is 24.3 Å². The van der Waals surface area contributed by atoms with Gasteiger partial charge in [0.2, 0.25) is 5.91 Å². The fourth-order valence-corrected chi connectivity index (χ4v) is 3.23. The highest BCUT2D eigenvalue weighted by molar-refractivity contribution is 5.94. The molecule has 0 saturated heterocycles. The monoisotopic (exact) mass is 416 g/mol. The zero-order valence-electron chi connectivity index (χ0n) is 17.0. The minimum absolute atomic E-state index is 0.0515. The fraction of sp³-hybridized carbons (Fsp3) is 0.167. The molecule has 4 N–H and O–H groups in total. The van der Waals surface area contributed by atoms with Gasteiger partial charge in [0.15, 0.2) is 5.96 Å². The molecule has 0 fully saturated rings. The van der Waals surface area contributed by atoms with Gasteiger partial charge in [0.1, 0.15) is 23.9 Å². The van der Waals surface area contributed by atoms with Crippen molar-refractivity contribution >= 4 is 23.2 Å². The van der Waals surface area contributed by atoms with Crippen molar-refractivity contribution in [3.63, 3.8) is 0 Å². The van der Waals surface area contributed by atoms with Crippen molar-refractivity contribution in [2.75, 3.05) is 23.8 Å². The third-order valence-electron chi connectivity index (χ3n) is 4.70. The maximum atomic E-state index is 11.4. The number of hydrogen-bond donors (Lipinski definition) is 3. The number of carbonyl (C=O) groups excluding carboxylic acids is 1. The number of benzene rings is 3. The highest BCUT2D eigenvalue weighted by Crippen LogP contribution is 2.27. The molecule has 7 heteroatoms. The summed E-state index contributed by atoms with van der Waals surface area (Å²) < 4.78 is 11.6. The molecule has 7 nitrogen and oxygen atoms in total. The van der Waals surface area contributed by atoms with Crippen molar-refractivity contribution < 1.29 is 14.3 Å². The van der Waals surface area contributed by atoms with Gasteiger partial charge < -0.3 is 25.8 Å². The molecule has 1 aliphatic heterocycles. The van der Waals surface area contributed by atoms with E-state index < -0.39 is 0 Å². The van der Waals surface area contributed by atoms with Crippen molar-refractivity contribution in [2.45, 2.75) is 12.8 Å². The van der Waals surface area contributed by atoms with Gasteiger partial charge in [-0.25, -0.2) is 4.99 Å². The van der Waals surface area contributed by atoms with Crippen LogP contribution in [0.25, 0.3) is 0 Å². The molecule has 3 aromatic rings. The summed E-state index contributed by atoms with van der Waals surface area (Å²) in [5.41, 5.74) is 8.72. The lowest BCUT2D eigenvalue weighted by molar-refractivity contribution is -0.116. The number of aryl methyl sites for hydroxylation is 1. The van der Waals surface area contributed by atoms with Gasteiger partial charge >= 0.3 is 0 Å². The predicted octanol–water partition coefficient (Wildman–Crippen LogP) is 4.17. The number of guanidine groups is 1. The number of rotatable bonds is 7. The Hall–Kier alpha value is -4.00. The van der Waals surface area contributed by atoms with E-state index in [9.17, 15) is 4.79 Å². The first-order valence-electron chi connectivity index (χ1n) is 10.1. The van der Waals surface area contributed by atoms with Crippen LogP contribution in [0.5, 0.6) is 17.2 Å². The highest BCUT2D eigenvalue weighted by Gasteiger charge is 2.14. The molecular formula is C24H24N4O3. The summed E-state index contributed by atoms with van der Waals surface area (Å²) in [6, 6.07) is 22.8. The van der Waals surface area contributed by atoms with Crippen LogP contribution < -0.4 is 25.8 Å². The molecule has 0 aromatic heterocycles. The largest absolute Gasteiger partial charge is 0.492 e. The zero-order valence-corrected chi connectivity index (χ0v) is 17.0. The Balaban J connectivity index is 1.27. The second-order valence-electron chi connectivity index (χ2n) is 7.05. The van der Waals surface area contributed by atoms with Crippen LogP contribution in [0.4, 0.5) is 11.4 Å². The average molecular weight is 416 g/mol. The van der Waals surface area contributed by atoms with Crippen LogP contribution in [0.1, 0.15) is 12.0 Å². The first-order chi connectivity index (χ1) is 15.2. The number of carbonyl (C=O) groups is 1. The summed E-state index contributed by atoms with van der Waals surface area (Å²) in [7, 11) is 0. The van der Waals surface area contributed by atoms with Crippen LogP contribution in [0.3, 0.4) is 0 Å². The minimum Gasteiger partial charge on any atom is -0.492 e. The highest BCUT2D eigenvalue weighted by atomic mass is 16.5. The van der Waals surface area contributed by atoms with Gasteiger partial charge in [-0.2, -0.15) is 0 Å². The van der Waals surface area contributed by atoms with E-state index in [1.54, 1.807) is 0 Å². The van der Waals surface area contributed by atoms with Gasteiger partial charge in [0, 0.05) is 23.9 Å². The summed E-state index contributed by atoms with van der Waals surface area (Å²) in [6.45, 7) is 0.803. The third kappa shape index (κ3) is 5.76. The maximum Gasteiger partial charge on any atom is 0.224 e. The molecular weight excluding hydrogens is 392 g/mol. The number of hydrogen-bond acceptors (Lipinski definition) is 4. The SMILES string of the molecule is NC(=NCCOc1ccc2c(c1)CCC(=O)N2)Nc1cccc(Oc2ccccc2)c1. The zero-order chi connectivity index (χ0) is 21.5. The van der Waals surface area contributed by atoms with E-state index in [1.165, 1.54) is 0 Å². The number of nitrogens with one attached hydrogen (secondary N) is 2. The number of fused-ring (bicyclic) bond motifs is 1. The normalized spacial score (nSPS) is 13.2. The molecule has 0 aliphatic carbocycles. The Morgan fingerprint density at radius 3 is 2.68 bits per heavy atom. The number of aliphatic imine (C=N–C) groups is 1. The van der Waals surface area contributed by atoms with Crippen molar-refractivity contribution in [3.05, 3.63) is 78.4 Å². The molecule has 3 aromatic carbocycles. The molecule has 1 heterocycles. The van der Waals surface area contributed by atoms with Crippen LogP contribution >= 0.6 is 0 Å². The van der Waals surface area contributed by atoms with Crippen molar-refractivity contribution in [3.8, 4) is 17.2 Å². The van der Waals surface area contributed by atoms with Crippen molar-refractivity contribution in [2.24, 2.45) is 10.7 Å². The number of nitrogens with two attached hydrogens (primary N) is 1. The lowest BCUT2D eigenvalue weighted by Crippen LogP contribution is -2.23. The fourth-order valence-electron chi connectivity index (χ4n) is 3.23. The standard InChI is InChI=1S/C24H24N4O3/c25-24(27-18-5-4-8-21(16-18)31-19-6-2-1-3-7-19)26-13-14-30-20-10-11-22-17(15-20)9-12-23(29)28-22/h1-8,10-11,15-16H,9,12-14H2,(H,28,29)(H3,25,26,27). The Labute approximate surface area is 180 Å². The first-order valence-corrected chi connectivity index (χ1v) is 10.1. The van der Waals surface area contributed by atoms with Gasteiger partial charge in [0.25, 0.3) is 0 Å². The molecule has 0 atom stereocenters. The first kappa shape index (κ1) is 20.3. The third-order valence-corrected chi connectivity index (χ3v) is 4.70. The molecule has 0 spiro atoms. The number of amides is 1. The Kier molecular flexibility index (Phi) is 6.32. The Morgan fingerprint density at radius 1 is 0.968 bits per heavy atom. The molecule has 0 unspecified atom stereocenters. The van der Waals surface area contributed by atoms with Crippen molar-refractivity contribution in [1.82, 2.24) is 0 Å². The summed E-state index contributed by atoms with van der Waals surface area (Å²) in [4.78, 5) is 15.7. The van der Waals surface area contributed by atoms with Gasteiger partial charge in [-0.15, -0.1) is 0 Å². The lowest BCUT2D eigenvalue weighted by Gasteiger charge is -2.17. The van der Waals surface area contributed by atoms with Crippen molar-refractivity contribution in [1.29, 1.82) is 0 Å². The molecule has 1 amide bonds. The van der Waals surface area contributed by atoms with E-state index in [2.05, 4.69) is 15.6 Å². The number of ether oxygens (including phenoxy) is 2. The second-order valence-corrected chi connectivity index (χ2v) is 7.05. The van der Waals surface area contributed by atoms with E-state index in [4.69, 9.17) is 15.2 Å². The maximum absolute atomic E-state index is 11.4. The molecule has 158 valence electrons. The van der Waals surface area contributed by atoms with Gasteiger partial charge in [-0.3, -0.25) is 4.79 Å². The average Bonchev–Trinajstić information content (AvgIpc) is 2.78. The molecule has 0 bridgehead atoms. The Bertz CT molecular complexity index is 1080. The van der Waals surface area contributed by atoms with Gasteiger partial charge in [0.05, 0.1) is 6.54 Å². The summed E-state index contributed by atoms with van der Waals surface area (Å²) >= 11 is 0. The molecule has 4 rings (SSSR count). The smallest absolute Gasteiger partial charge is 0.224 e. The van der Waals surface area contributed by atoms with Crippen LogP contribution in [0, 0.1) is 0 Å².